The second-order valence-corrected chi connectivity index (χ2v) is 9.36. The fourth-order valence-corrected chi connectivity index (χ4v) is 4.77. The van der Waals surface area contributed by atoms with Gasteiger partial charge in [-0.3, -0.25) is 14.3 Å². The number of piperidine rings is 1. The molecule has 0 aliphatic carbocycles. The van der Waals surface area contributed by atoms with Gasteiger partial charge in [0.1, 0.15) is 0 Å². The van der Waals surface area contributed by atoms with Crippen molar-refractivity contribution in [1.82, 2.24) is 19.7 Å². The number of hydrogen-bond donors (Lipinski definition) is 1. The van der Waals surface area contributed by atoms with Crippen LogP contribution in [0.4, 0.5) is 18.9 Å². The number of anilines is 1. The van der Waals surface area contributed by atoms with Crippen molar-refractivity contribution >= 4 is 35.0 Å². The van der Waals surface area contributed by atoms with Crippen molar-refractivity contribution in [3.63, 3.8) is 0 Å². The quantitative estimate of drug-likeness (QED) is 0.331. The smallest absolute Gasteiger partial charge is 0.234 e. The van der Waals surface area contributed by atoms with E-state index in [9.17, 15) is 18.0 Å². The summed E-state index contributed by atoms with van der Waals surface area (Å²) in [5.41, 5.74) is 0.367. The van der Waals surface area contributed by atoms with Crippen molar-refractivity contribution in [2.45, 2.75) is 37.4 Å². The third-order valence-electron chi connectivity index (χ3n) is 5.70. The molecule has 34 heavy (non-hydrogen) atoms. The number of hydrogen-bond acceptors (Lipinski definition) is 5. The standard InChI is InChI=1S/C23H23ClF3N5OS/c1-14(31-11-3-2-4-12-31)22-29-30-23(32(22)16-7-5-15(24)6-8-16)34-13-19(33)28-18-10-9-17(25)20(26)21(18)27/h5-10,14H,2-4,11-13H2,1H3,(H,28,33). The van der Waals surface area contributed by atoms with Gasteiger partial charge in [-0.05, 0) is 69.3 Å². The number of halogens is 4. The number of benzene rings is 2. The van der Waals surface area contributed by atoms with Gasteiger partial charge in [0, 0.05) is 10.7 Å². The molecule has 1 amide bonds. The number of nitrogens with zero attached hydrogens (tertiary/aromatic N) is 4. The predicted molar refractivity (Wildman–Crippen MR) is 126 cm³/mol. The number of carbonyl (C=O) groups excluding carboxylic acids is 1. The van der Waals surface area contributed by atoms with Crippen LogP contribution in [-0.4, -0.2) is 44.4 Å². The maximum atomic E-state index is 13.9. The molecule has 1 saturated heterocycles. The maximum absolute atomic E-state index is 13.9. The molecule has 1 atom stereocenters. The first kappa shape index (κ1) is 24.6. The average molecular weight is 510 g/mol. The van der Waals surface area contributed by atoms with Crippen LogP contribution in [0, 0.1) is 17.5 Å². The molecule has 0 spiro atoms. The van der Waals surface area contributed by atoms with Gasteiger partial charge in [0.25, 0.3) is 0 Å². The summed E-state index contributed by atoms with van der Waals surface area (Å²) in [5.74, 6) is -4.40. The molecule has 1 fully saturated rings. The lowest BCUT2D eigenvalue weighted by atomic mass is 10.1. The summed E-state index contributed by atoms with van der Waals surface area (Å²) in [5, 5.41) is 12.1. The predicted octanol–water partition coefficient (Wildman–Crippen LogP) is 5.62. The van der Waals surface area contributed by atoms with Gasteiger partial charge in [-0.1, -0.05) is 29.8 Å². The second kappa shape index (κ2) is 10.8. The van der Waals surface area contributed by atoms with Crippen LogP contribution in [0.2, 0.25) is 5.02 Å². The first-order valence-corrected chi connectivity index (χ1v) is 12.2. The molecule has 11 heteroatoms. The van der Waals surface area contributed by atoms with Gasteiger partial charge in [-0.15, -0.1) is 10.2 Å². The number of likely N-dealkylation sites (tertiary alicyclic amines) is 1. The topological polar surface area (TPSA) is 63.1 Å². The Hall–Kier alpha value is -2.56. The van der Waals surface area contributed by atoms with Crippen LogP contribution in [-0.2, 0) is 4.79 Å². The normalized spacial score (nSPS) is 15.3. The number of thioether (sulfide) groups is 1. The Morgan fingerprint density at radius 3 is 2.47 bits per heavy atom. The zero-order valence-electron chi connectivity index (χ0n) is 18.4. The largest absolute Gasteiger partial charge is 0.323 e. The number of amides is 1. The van der Waals surface area contributed by atoms with Crippen LogP contribution < -0.4 is 5.32 Å². The first-order valence-electron chi connectivity index (χ1n) is 10.9. The van der Waals surface area contributed by atoms with E-state index >= 15 is 0 Å². The monoisotopic (exact) mass is 509 g/mol. The van der Waals surface area contributed by atoms with Gasteiger partial charge in [0.15, 0.2) is 28.4 Å². The maximum Gasteiger partial charge on any atom is 0.234 e. The molecule has 2 aromatic carbocycles. The van der Waals surface area contributed by atoms with Crippen LogP contribution in [0.3, 0.4) is 0 Å². The Bertz CT molecular complexity index is 1170. The van der Waals surface area contributed by atoms with Crippen molar-refractivity contribution in [3.8, 4) is 5.69 Å². The summed E-state index contributed by atoms with van der Waals surface area (Å²) in [6.45, 7) is 4.02. The van der Waals surface area contributed by atoms with Gasteiger partial charge in [0.2, 0.25) is 5.91 Å². The molecular formula is C23H23ClF3N5OS. The third-order valence-corrected chi connectivity index (χ3v) is 6.88. The Morgan fingerprint density at radius 2 is 1.76 bits per heavy atom. The molecule has 1 unspecified atom stereocenters. The molecule has 180 valence electrons. The summed E-state index contributed by atoms with van der Waals surface area (Å²) < 4.78 is 42.4. The lowest BCUT2D eigenvalue weighted by molar-refractivity contribution is -0.113. The summed E-state index contributed by atoms with van der Waals surface area (Å²) in [4.78, 5) is 14.8. The van der Waals surface area contributed by atoms with Gasteiger partial charge >= 0.3 is 0 Å². The Labute approximate surface area is 204 Å². The molecule has 0 saturated carbocycles. The van der Waals surface area contributed by atoms with E-state index in [2.05, 4.69) is 27.3 Å². The zero-order valence-corrected chi connectivity index (χ0v) is 20.0. The molecule has 1 aliphatic rings. The Morgan fingerprint density at radius 1 is 1.06 bits per heavy atom. The van der Waals surface area contributed by atoms with Crippen LogP contribution in [0.1, 0.15) is 38.1 Å². The summed E-state index contributed by atoms with van der Waals surface area (Å²) in [7, 11) is 0. The van der Waals surface area contributed by atoms with E-state index in [0.717, 1.165) is 61.3 Å². The van der Waals surface area contributed by atoms with Crippen LogP contribution in [0.5, 0.6) is 0 Å². The lowest BCUT2D eigenvalue weighted by Gasteiger charge is -2.31. The molecule has 6 nitrogen and oxygen atoms in total. The molecule has 1 aromatic heterocycles. The van der Waals surface area contributed by atoms with E-state index < -0.39 is 29.0 Å². The lowest BCUT2D eigenvalue weighted by Crippen LogP contribution is -2.33. The number of nitrogens with one attached hydrogen (secondary N) is 1. The highest BCUT2D eigenvalue weighted by Gasteiger charge is 2.26. The number of rotatable bonds is 7. The van der Waals surface area contributed by atoms with E-state index in [4.69, 9.17) is 11.6 Å². The van der Waals surface area contributed by atoms with Crippen molar-refractivity contribution in [2.75, 3.05) is 24.2 Å². The fraction of sp³-hybridized carbons (Fsp3) is 0.348. The summed E-state index contributed by atoms with van der Waals surface area (Å²) in [6, 6.07) is 8.95. The third kappa shape index (κ3) is 5.39. The van der Waals surface area contributed by atoms with E-state index in [1.165, 1.54) is 6.42 Å². The minimum atomic E-state index is -1.63. The molecule has 1 aliphatic heterocycles. The highest BCUT2D eigenvalue weighted by molar-refractivity contribution is 7.99. The molecule has 2 heterocycles. The summed E-state index contributed by atoms with van der Waals surface area (Å²) in [6.07, 6.45) is 3.46. The van der Waals surface area contributed by atoms with E-state index in [1.54, 1.807) is 12.1 Å². The Balaban J connectivity index is 1.55. The van der Waals surface area contributed by atoms with Crippen LogP contribution >= 0.6 is 23.4 Å². The second-order valence-electron chi connectivity index (χ2n) is 7.98. The van der Waals surface area contributed by atoms with Gasteiger partial charge in [-0.25, -0.2) is 13.2 Å². The molecule has 0 bridgehead atoms. The molecule has 3 aromatic rings. The van der Waals surface area contributed by atoms with E-state index in [0.29, 0.717) is 10.2 Å². The average Bonchev–Trinajstić information content (AvgIpc) is 3.27. The van der Waals surface area contributed by atoms with Crippen molar-refractivity contribution in [1.29, 1.82) is 0 Å². The van der Waals surface area contributed by atoms with Crippen molar-refractivity contribution in [3.05, 3.63) is 64.7 Å². The van der Waals surface area contributed by atoms with Gasteiger partial charge in [0.05, 0.1) is 17.5 Å². The van der Waals surface area contributed by atoms with Gasteiger partial charge < -0.3 is 5.32 Å². The van der Waals surface area contributed by atoms with Crippen molar-refractivity contribution in [2.24, 2.45) is 0 Å². The van der Waals surface area contributed by atoms with Gasteiger partial charge in [-0.2, -0.15) is 0 Å². The first-order chi connectivity index (χ1) is 16.3. The van der Waals surface area contributed by atoms with E-state index in [-0.39, 0.29) is 11.8 Å². The highest BCUT2D eigenvalue weighted by Crippen LogP contribution is 2.30. The molecule has 1 N–H and O–H groups in total. The van der Waals surface area contributed by atoms with Crippen LogP contribution in [0.25, 0.3) is 5.69 Å². The minimum absolute atomic E-state index is 0.00272. The molecule has 0 radical (unpaired) electrons. The summed E-state index contributed by atoms with van der Waals surface area (Å²) >= 11 is 7.17. The Kier molecular flexibility index (Phi) is 7.80. The van der Waals surface area contributed by atoms with Crippen molar-refractivity contribution < 1.29 is 18.0 Å². The molecular weight excluding hydrogens is 487 g/mol. The number of aromatic nitrogens is 3. The highest BCUT2D eigenvalue weighted by atomic mass is 35.5. The van der Waals surface area contributed by atoms with Crippen LogP contribution in [0.15, 0.2) is 41.6 Å². The fourth-order valence-electron chi connectivity index (χ4n) is 3.89. The number of carbonyl (C=O) groups is 1. The SMILES string of the molecule is CC(c1nnc(SCC(=O)Nc2ccc(F)c(F)c2F)n1-c1ccc(Cl)cc1)N1CCCCC1. The van der Waals surface area contributed by atoms with E-state index in [1.807, 2.05) is 16.7 Å². The zero-order chi connectivity index (χ0) is 24.2. The molecule has 4 rings (SSSR count). The minimum Gasteiger partial charge on any atom is -0.323 e.